The van der Waals surface area contributed by atoms with Crippen molar-refractivity contribution in [1.82, 2.24) is 9.97 Å². The second-order valence-corrected chi connectivity index (χ2v) is 7.39. The van der Waals surface area contributed by atoms with Crippen molar-refractivity contribution in [2.75, 3.05) is 5.32 Å². The maximum atomic E-state index is 6.02. The summed E-state index contributed by atoms with van der Waals surface area (Å²) in [5.74, 6) is 0.791. The Morgan fingerprint density at radius 1 is 1.38 bits per heavy atom. The molecule has 1 atom stereocenters. The smallest absolute Gasteiger partial charge is 0.224 e. The zero-order chi connectivity index (χ0) is 14.8. The van der Waals surface area contributed by atoms with Gasteiger partial charge in [-0.3, -0.25) is 0 Å². The highest BCUT2D eigenvalue weighted by molar-refractivity contribution is 7.19. The van der Waals surface area contributed by atoms with E-state index in [0.29, 0.717) is 0 Å². The fourth-order valence-corrected chi connectivity index (χ4v) is 4.10. The van der Waals surface area contributed by atoms with E-state index < -0.39 is 0 Å². The Bertz CT molecular complexity index is 737. The van der Waals surface area contributed by atoms with Gasteiger partial charge in [-0.25, -0.2) is 4.98 Å². The van der Waals surface area contributed by atoms with Crippen LogP contribution in [0.4, 0.5) is 5.82 Å². The maximum absolute atomic E-state index is 6.02. The number of nitrogens with two attached hydrogens (primary N) is 1. The van der Waals surface area contributed by atoms with Crippen molar-refractivity contribution in [2.24, 2.45) is 5.73 Å². The summed E-state index contributed by atoms with van der Waals surface area (Å²) in [5, 5.41) is 5.68. The van der Waals surface area contributed by atoms with Crippen LogP contribution in [0.5, 0.6) is 0 Å². The van der Waals surface area contributed by atoms with Gasteiger partial charge in [0, 0.05) is 15.8 Å². The number of nitrogens with one attached hydrogen (secondary N) is 1. The summed E-state index contributed by atoms with van der Waals surface area (Å²) >= 11 is 9.41. The number of anilines is 1. The Morgan fingerprint density at radius 3 is 2.95 bits per heavy atom. The molecule has 3 heterocycles. The fourth-order valence-electron chi connectivity index (χ4n) is 2.07. The van der Waals surface area contributed by atoms with Crippen LogP contribution in [0.3, 0.4) is 0 Å². The zero-order valence-corrected chi connectivity index (χ0v) is 13.9. The van der Waals surface area contributed by atoms with Crippen LogP contribution in [0.2, 0.25) is 5.28 Å². The van der Waals surface area contributed by atoms with Crippen LogP contribution in [0.15, 0.2) is 23.6 Å². The third kappa shape index (κ3) is 3.52. The molecule has 0 aliphatic carbocycles. The van der Waals surface area contributed by atoms with Crippen LogP contribution in [0.1, 0.15) is 16.7 Å². The molecule has 0 saturated heterocycles. The molecule has 3 aromatic rings. The Hall–Kier alpha value is -1.21. The molecular formula is C14H15ClN4S2. The number of hydrogen-bond acceptors (Lipinski definition) is 6. The number of nitrogens with zero attached hydrogens (tertiary/aromatic N) is 2. The van der Waals surface area contributed by atoms with Gasteiger partial charge >= 0.3 is 0 Å². The summed E-state index contributed by atoms with van der Waals surface area (Å²) < 4.78 is 1.03. The van der Waals surface area contributed by atoms with E-state index in [-0.39, 0.29) is 11.3 Å². The minimum atomic E-state index is 0.129. The molecule has 3 rings (SSSR count). The molecule has 0 aliphatic heterocycles. The lowest BCUT2D eigenvalue weighted by molar-refractivity contribution is 0.747. The van der Waals surface area contributed by atoms with E-state index in [1.54, 1.807) is 22.7 Å². The summed E-state index contributed by atoms with van der Waals surface area (Å²) in [6, 6.07) is 6.31. The molecule has 0 fully saturated rings. The van der Waals surface area contributed by atoms with E-state index in [1.165, 1.54) is 9.75 Å². The first-order chi connectivity index (χ1) is 10.1. The van der Waals surface area contributed by atoms with Gasteiger partial charge in [-0.1, -0.05) is 6.07 Å². The van der Waals surface area contributed by atoms with Gasteiger partial charge in [-0.15, -0.1) is 22.7 Å². The lowest BCUT2D eigenvalue weighted by Gasteiger charge is -2.05. The first kappa shape index (κ1) is 14.7. The molecule has 3 N–H and O–H groups in total. The molecule has 0 radical (unpaired) electrons. The molecular weight excluding hydrogens is 324 g/mol. The molecule has 110 valence electrons. The van der Waals surface area contributed by atoms with Gasteiger partial charge in [0.1, 0.15) is 5.82 Å². The van der Waals surface area contributed by atoms with Gasteiger partial charge in [0.15, 0.2) is 0 Å². The van der Waals surface area contributed by atoms with E-state index in [2.05, 4.69) is 26.7 Å². The lowest BCUT2D eigenvalue weighted by atomic mass is 10.2. The Morgan fingerprint density at radius 2 is 2.24 bits per heavy atom. The van der Waals surface area contributed by atoms with Crippen molar-refractivity contribution >= 4 is 50.3 Å². The van der Waals surface area contributed by atoms with Crippen molar-refractivity contribution < 1.29 is 0 Å². The van der Waals surface area contributed by atoms with E-state index in [9.17, 15) is 0 Å². The van der Waals surface area contributed by atoms with E-state index in [4.69, 9.17) is 17.3 Å². The van der Waals surface area contributed by atoms with Crippen LogP contribution < -0.4 is 11.1 Å². The molecule has 3 aromatic heterocycles. The highest BCUT2D eigenvalue weighted by Gasteiger charge is 2.12. The number of hydrogen-bond donors (Lipinski definition) is 2. The number of halogens is 1. The number of aromatic nitrogens is 2. The standard InChI is InChI=1S/C14H15ClN4S2/c1-8(16)5-10-6-11-12(21-10)13(19-14(15)18-11)17-7-9-3-2-4-20-9/h2-4,6,8H,5,7,16H2,1H3,(H,17,18,19)/t8-/m0/s1. The third-order valence-electron chi connectivity index (χ3n) is 2.93. The van der Waals surface area contributed by atoms with Crippen molar-refractivity contribution in [1.29, 1.82) is 0 Å². The number of rotatable bonds is 5. The van der Waals surface area contributed by atoms with Gasteiger partial charge in [0.05, 0.1) is 16.8 Å². The van der Waals surface area contributed by atoms with Crippen LogP contribution >= 0.6 is 34.3 Å². The SMILES string of the molecule is C[C@H](N)Cc1cc2nc(Cl)nc(NCc3cccs3)c2s1. The minimum Gasteiger partial charge on any atom is -0.364 e. The molecule has 0 amide bonds. The molecule has 0 bridgehead atoms. The van der Waals surface area contributed by atoms with Gasteiger partial charge < -0.3 is 11.1 Å². The van der Waals surface area contributed by atoms with Crippen molar-refractivity contribution in [2.45, 2.75) is 25.9 Å². The second-order valence-electron chi connectivity index (χ2n) is 4.88. The van der Waals surface area contributed by atoms with Crippen molar-refractivity contribution in [3.05, 3.63) is 38.6 Å². The first-order valence-electron chi connectivity index (χ1n) is 6.59. The number of fused-ring (bicyclic) bond motifs is 1. The molecule has 4 nitrogen and oxygen atoms in total. The van der Waals surface area contributed by atoms with Gasteiger partial charge in [-0.05, 0) is 42.5 Å². The van der Waals surface area contributed by atoms with Crippen LogP contribution in [-0.2, 0) is 13.0 Å². The van der Waals surface area contributed by atoms with Crippen molar-refractivity contribution in [3.8, 4) is 0 Å². The molecule has 7 heteroatoms. The van der Waals surface area contributed by atoms with Crippen molar-refractivity contribution in [3.63, 3.8) is 0 Å². The van der Waals surface area contributed by atoms with E-state index in [1.807, 2.05) is 19.1 Å². The Balaban J connectivity index is 1.90. The van der Waals surface area contributed by atoms with Gasteiger partial charge in [0.2, 0.25) is 5.28 Å². The predicted molar refractivity (Wildman–Crippen MR) is 91.4 cm³/mol. The minimum absolute atomic E-state index is 0.129. The highest BCUT2D eigenvalue weighted by atomic mass is 35.5. The maximum Gasteiger partial charge on any atom is 0.224 e. The fraction of sp³-hybridized carbons (Fsp3) is 0.286. The Kier molecular flexibility index (Phi) is 4.40. The van der Waals surface area contributed by atoms with Crippen LogP contribution in [0, 0.1) is 0 Å². The molecule has 0 aliphatic rings. The van der Waals surface area contributed by atoms with Crippen LogP contribution in [-0.4, -0.2) is 16.0 Å². The molecule has 0 spiro atoms. The topological polar surface area (TPSA) is 63.8 Å². The average molecular weight is 339 g/mol. The van der Waals surface area contributed by atoms with Crippen LogP contribution in [0.25, 0.3) is 10.2 Å². The van der Waals surface area contributed by atoms with E-state index >= 15 is 0 Å². The highest BCUT2D eigenvalue weighted by Crippen LogP contribution is 2.31. The predicted octanol–water partition coefficient (Wildman–Crippen LogP) is 3.91. The van der Waals surface area contributed by atoms with Gasteiger partial charge in [0.25, 0.3) is 0 Å². The second kappa shape index (κ2) is 6.27. The third-order valence-corrected chi connectivity index (χ3v) is 5.13. The Labute approximate surface area is 136 Å². The summed E-state index contributed by atoms with van der Waals surface area (Å²) in [6.45, 7) is 2.74. The number of thiophene rings is 2. The van der Waals surface area contributed by atoms with E-state index in [0.717, 1.165) is 29.0 Å². The largest absolute Gasteiger partial charge is 0.364 e. The zero-order valence-electron chi connectivity index (χ0n) is 11.5. The first-order valence-corrected chi connectivity index (χ1v) is 8.67. The molecule has 0 unspecified atom stereocenters. The summed E-state index contributed by atoms with van der Waals surface area (Å²) in [6.07, 6.45) is 0.836. The summed E-state index contributed by atoms with van der Waals surface area (Å²) in [4.78, 5) is 11.1. The average Bonchev–Trinajstić information content (AvgIpc) is 3.03. The summed E-state index contributed by atoms with van der Waals surface area (Å²) in [5.41, 5.74) is 6.75. The molecule has 0 aromatic carbocycles. The monoisotopic (exact) mass is 338 g/mol. The normalized spacial score (nSPS) is 12.7. The summed E-state index contributed by atoms with van der Waals surface area (Å²) in [7, 11) is 0. The van der Waals surface area contributed by atoms with Gasteiger partial charge in [-0.2, -0.15) is 4.98 Å². The lowest BCUT2D eigenvalue weighted by Crippen LogP contribution is -2.16. The quantitative estimate of drug-likeness (QED) is 0.692. The molecule has 0 saturated carbocycles. The molecule has 21 heavy (non-hydrogen) atoms.